The van der Waals surface area contributed by atoms with Crippen LogP contribution >= 0.6 is 0 Å². The predicted molar refractivity (Wildman–Crippen MR) is 117 cm³/mol. The molecule has 15 heteroatoms. The maximum atomic E-state index is 11.9. The Bertz CT molecular complexity index is 1040. The summed E-state index contributed by atoms with van der Waals surface area (Å²) in [5, 5.41) is 50.1. The van der Waals surface area contributed by atoms with Crippen LogP contribution in [0.1, 0.15) is 11.4 Å². The van der Waals surface area contributed by atoms with Gasteiger partial charge in [-0.1, -0.05) is 0 Å². The molecule has 0 fully saturated rings. The summed E-state index contributed by atoms with van der Waals surface area (Å²) in [6, 6.07) is 1.74. The number of aryl methyl sites for hydroxylation is 2. The zero-order valence-corrected chi connectivity index (χ0v) is 18.0. The number of aromatic nitrogens is 4. The van der Waals surface area contributed by atoms with Crippen molar-refractivity contribution >= 4 is 17.9 Å². The van der Waals surface area contributed by atoms with Crippen LogP contribution in [0.15, 0.2) is 21.7 Å². The Labute approximate surface area is 187 Å². The quantitative estimate of drug-likeness (QED) is 0.116. The monoisotopic (exact) mass is 468 g/mol. The van der Waals surface area contributed by atoms with Gasteiger partial charge in [-0.15, -0.1) is 0 Å². The Hall–Kier alpha value is -3.37. The van der Waals surface area contributed by atoms with E-state index in [2.05, 4.69) is 41.2 Å². The van der Waals surface area contributed by atoms with Crippen molar-refractivity contribution in [3.05, 3.63) is 44.2 Å². The molecule has 15 nitrogen and oxygen atoms in total. The van der Waals surface area contributed by atoms with Crippen LogP contribution < -0.4 is 32.4 Å². The van der Waals surface area contributed by atoms with Crippen LogP contribution in [-0.4, -0.2) is 90.6 Å². The van der Waals surface area contributed by atoms with Crippen LogP contribution in [0.3, 0.4) is 0 Å². The van der Waals surface area contributed by atoms with Crippen LogP contribution in [0, 0.1) is 13.8 Å². The van der Waals surface area contributed by atoms with Crippen molar-refractivity contribution in [2.24, 2.45) is 0 Å². The second kappa shape index (κ2) is 12.0. The number of aliphatic hydroxyl groups excluding tert-OH is 4. The van der Waals surface area contributed by atoms with Gasteiger partial charge in [0.2, 0.25) is 11.9 Å². The highest BCUT2D eigenvalue weighted by Crippen LogP contribution is 2.05. The molecule has 4 atom stereocenters. The van der Waals surface area contributed by atoms with Gasteiger partial charge in [0.25, 0.3) is 11.1 Å². The van der Waals surface area contributed by atoms with Crippen LogP contribution in [-0.2, 0) is 0 Å². The zero-order valence-electron chi connectivity index (χ0n) is 18.0. The topological polar surface area (TPSA) is 238 Å². The minimum Gasteiger partial charge on any atom is -0.389 e. The Balaban J connectivity index is 1.73. The number of nitrogens with zero attached hydrogens (tertiary/aromatic N) is 2. The molecular weight excluding hydrogens is 440 g/mol. The van der Waals surface area contributed by atoms with Crippen molar-refractivity contribution in [2.75, 3.05) is 30.4 Å². The van der Waals surface area contributed by atoms with Gasteiger partial charge in [-0.25, -0.2) is 14.8 Å². The number of hydrogen-bond donors (Lipinski definition) is 10. The number of H-pyrrole nitrogens is 2. The molecule has 2 amide bonds. The van der Waals surface area contributed by atoms with Crippen molar-refractivity contribution < 1.29 is 25.2 Å². The van der Waals surface area contributed by atoms with Crippen LogP contribution in [0.2, 0.25) is 0 Å². The van der Waals surface area contributed by atoms with Crippen LogP contribution in [0.4, 0.5) is 16.7 Å². The first-order valence-electron chi connectivity index (χ1n) is 9.93. The molecule has 182 valence electrons. The molecule has 33 heavy (non-hydrogen) atoms. The molecule has 0 saturated heterocycles. The predicted octanol–water partition coefficient (Wildman–Crippen LogP) is -3.31. The standard InChI is InChI=1S/C18H28N8O7/c1-8-3-12(29)24-16(22-8)21-7-19-5-10(27)14(31)15(32)11(28)6-20-18(33)26-17-23-9(2)4-13(30)25-17/h3-4,10-11,14-15,19,27-28,31-32H,5-7H2,1-2H3,(H2,21,22,24,29)(H3,20,23,25,26,30,33). The van der Waals surface area contributed by atoms with Crippen molar-refractivity contribution in [1.29, 1.82) is 0 Å². The number of hydrogen-bond acceptors (Lipinski definition) is 11. The van der Waals surface area contributed by atoms with E-state index in [1.807, 2.05) is 0 Å². The molecule has 0 aliphatic carbocycles. The first-order chi connectivity index (χ1) is 15.5. The van der Waals surface area contributed by atoms with E-state index in [1.165, 1.54) is 12.1 Å². The fraction of sp³-hybridized carbons (Fsp3) is 0.500. The summed E-state index contributed by atoms with van der Waals surface area (Å²) in [6.45, 7) is 2.66. The maximum absolute atomic E-state index is 11.9. The van der Waals surface area contributed by atoms with E-state index >= 15 is 0 Å². The summed E-state index contributed by atoms with van der Waals surface area (Å²) >= 11 is 0. The van der Waals surface area contributed by atoms with E-state index in [0.717, 1.165) is 0 Å². The third kappa shape index (κ3) is 8.59. The Morgan fingerprint density at radius 2 is 1.42 bits per heavy atom. The van der Waals surface area contributed by atoms with E-state index in [4.69, 9.17) is 0 Å². The fourth-order valence-corrected chi connectivity index (χ4v) is 2.71. The van der Waals surface area contributed by atoms with E-state index in [0.29, 0.717) is 11.4 Å². The number of urea groups is 1. The maximum Gasteiger partial charge on any atom is 0.321 e. The van der Waals surface area contributed by atoms with E-state index in [1.54, 1.807) is 13.8 Å². The lowest BCUT2D eigenvalue weighted by atomic mass is 10.0. The fourth-order valence-electron chi connectivity index (χ4n) is 2.71. The number of rotatable bonds is 11. The normalized spacial score (nSPS) is 14.7. The lowest BCUT2D eigenvalue weighted by Gasteiger charge is -2.27. The minimum atomic E-state index is -1.78. The molecule has 0 spiro atoms. The van der Waals surface area contributed by atoms with Gasteiger partial charge in [-0.3, -0.25) is 30.2 Å². The summed E-state index contributed by atoms with van der Waals surface area (Å²) in [7, 11) is 0. The number of carbonyl (C=O) groups is 1. The zero-order chi connectivity index (χ0) is 24.5. The van der Waals surface area contributed by atoms with Crippen LogP contribution in [0.25, 0.3) is 0 Å². The summed E-state index contributed by atoms with van der Waals surface area (Å²) < 4.78 is 0. The first-order valence-corrected chi connectivity index (χ1v) is 9.93. The molecule has 0 aromatic carbocycles. The number of carbonyl (C=O) groups excluding carboxylic acids is 1. The molecule has 0 radical (unpaired) electrons. The molecule has 4 unspecified atom stereocenters. The van der Waals surface area contributed by atoms with Gasteiger partial charge in [0, 0.05) is 36.6 Å². The van der Waals surface area contributed by atoms with E-state index in [9.17, 15) is 34.8 Å². The lowest BCUT2D eigenvalue weighted by molar-refractivity contribution is -0.102. The molecule has 0 bridgehead atoms. The summed E-state index contributed by atoms with van der Waals surface area (Å²) in [5.74, 6) is 0.111. The van der Waals surface area contributed by atoms with Crippen LogP contribution in [0.5, 0.6) is 0 Å². The van der Waals surface area contributed by atoms with Crippen molar-refractivity contribution in [1.82, 2.24) is 30.6 Å². The van der Waals surface area contributed by atoms with Gasteiger partial charge < -0.3 is 31.1 Å². The largest absolute Gasteiger partial charge is 0.389 e. The smallest absolute Gasteiger partial charge is 0.321 e. The third-order valence-electron chi connectivity index (χ3n) is 4.32. The number of anilines is 2. The van der Waals surface area contributed by atoms with Gasteiger partial charge in [0.15, 0.2) is 0 Å². The van der Waals surface area contributed by atoms with Crippen molar-refractivity contribution in [3.8, 4) is 0 Å². The minimum absolute atomic E-state index is 0.0750. The summed E-state index contributed by atoms with van der Waals surface area (Å²) in [4.78, 5) is 47.3. The molecule has 0 saturated carbocycles. The first kappa shape index (κ1) is 25.9. The number of aliphatic hydroxyl groups is 4. The highest BCUT2D eigenvalue weighted by atomic mass is 16.4. The van der Waals surface area contributed by atoms with E-state index < -0.39 is 42.6 Å². The highest BCUT2D eigenvalue weighted by molar-refractivity contribution is 5.87. The molecule has 2 rings (SSSR count). The van der Waals surface area contributed by atoms with Gasteiger partial charge in [-0.2, -0.15) is 0 Å². The molecule has 10 N–H and O–H groups in total. The van der Waals surface area contributed by atoms with Crippen molar-refractivity contribution in [3.63, 3.8) is 0 Å². The SMILES string of the molecule is Cc1cc(=O)[nH]c(NCNCC(O)C(O)C(O)C(O)CNC(=O)Nc2nc(C)cc(=O)[nH]2)n1. The second-order valence-corrected chi connectivity index (χ2v) is 7.23. The second-order valence-electron chi connectivity index (χ2n) is 7.23. The molecule has 2 aromatic rings. The third-order valence-corrected chi connectivity index (χ3v) is 4.32. The molecule has 0 aliphatic rings. The molecule has 2 heterocycles. The van der Waals surface area contributed by atoms with E-state index in [-0.39, 0.29) is 30.7 Å². The average Bonchev–Trinajstić information content (AvgIpc) is 2.72. The van der Waals surface area contributed by atoms with Gasteiger partial charge in [0.05, 0.1) is 18.9 Å². The van der Waals surface area contributed by atoms with Gasteiger partial charge in [-0.05, 0) is 13.8 Å². The molecule has 2 aromatic heterocycles. The van der Waals surface area contributed by atoms with Gasteiger partial charge >= 0.3 is 6.03 Å². The highest BCUT2D eigenvalue weighted by Gasteiger charge is 2.30. The lowest BCUT2D eigenvalue weighted by Crippen LogP contribution is -2.51. The molecule has 0 aliphatic heterocycles. The Kier molecular flexibility index (Phi) is 9.43. The summed E-state index contributed by atoms with van der Waals surface area (Å²) in [5.41, 5.74) is 0.106. The Morgan fingerprint density at radius 1 is 0.909 bits per heavy atom. The van der Waals surface area contributed by atoms with Crippen molar-refractivity contribution in [2.45, 2.75) is 38.3 Å². The average molecular weight is 468 g/mol. The number of aromatic amines is 2. The summed E-state index contributed by atoms with van der Waals surface area (Å²) in [6.07, 6.45) is -6.58. The number of nitrogens with one attached hydrogen (secondary N) is 6. The Morgan fingerprint density at radius 3 is 2.00 bits per heavy atom. The van der Waals surface area contributed by atoms with Gasteiger partial charge in [0.1, 0.15) is 12.2 Å². The number of amides is 2. The molecular formula is C18H28N8O7.